The van der Waals surface area contributed by atoms with Crippen molar-refractivity contribution in [2.45, 2.75) is 6.42 Å². The van der Waals surface area contributed by atoms with E-state index in [2.05, 4.69) is 15.3 Å². The highest BCUT2D eigenvalue weighted by Gasteiger charge is 2.24. The topological polar surface area (TPSA) is 93.0 Å². The highest BCUT2D eigenvalue weighted by molar-refractivity contribution is 6.14. The smallest absolute Gasteiger partial charge is 0.251 e. The van der Waals surface area contributed by atoms with Crippen molar-refractivity contribution < 1.29 is 13.9 Å². The Hall–Kier alpha value is -3.19. The van der Waals surface area contributed by atoms with Gasteiger partial charge in [0.15, 0.2) is 0 Å². The van der Waals surface area contributed by atoms with Gasteiger partial charge in [-0.3, -0.25) is 4.79 Å². The third-order valence-corrected chi connectivity index (χ3v) is 4.78. The Kier molecular flexibility index (Phi) is 4.37. The highest BCUT2D eigenvalue weighted by atomic mass is 19.1. The molecular formula is C20H19FN4O2. The molecule has 0 bridgehead atoms. The number of primary amides is 1. The number of pyridine rings is 1. The van der Waals surface area contributed by atoms with Crippen molar-refractivity contribution in [2.75, 3.05) is 20.2 Å². The molecule has 7 heteroatoms. The molecule has 0 radical (unpaired) electrons. The molecule has 2 aromatic heterocycles. The van der Waals surface area contributed by atoms with Crippen LogP contribution in [0.25, 0.3) is 27.7 Å². The number of methoxy groups -OCH3 is 1. The van der Waals surface area contributed by atoms with Crippen molar-refractivity contribution in [3.8, 4) is 16.9 Å². The summed E-state index contributed by atoms with van der Waals surface area (Å²) in [4.78, 5) is 20.0. The molecule has 138 valence electrons. The lowest BCUT2D eigenvalue weighted by atomic mass is 9.96. The predicted molar refractivity (Wildman–Crippen MR) is 102 cm³/mol. The Morgan fingerprint density at radius 2 is 2.15 bits per heavy atom. The molecule has 4 rings (SSSR count). The number of carbonyl (C=O) groups excluding carboxylic acids is 1. The number of aromatic amines is 1. The molecular weight excluding hydrogens is 347 g/mol. The van der Waals surface area contributed by atoms with Crippen LogP contribution in [0.5, 0.6) is 5.75 Å². The molecule has 0 saturated carbocycles. The maximum atomic E-state index is 13.9. The van der Waals surface area contributed by atoms with Gasteiger partial charge in [-0.15, -0.1) is 0 Å². The minimum absolute atomic E-state index is 0.368. The van der Waals surface area contributed by atoms with Crippen molar-refractivity contribution in [1.29, 1.82) is 0 Å². The molecule has 0 fully saturated rings. The van der Waals surface area contributed by atoms with Crippen LogP contribution < -0.4 is 15.8 Å². The Morgan fingerprint density at radius 3 is 2.85 bits per heavy atom. The predicted octanol–water partition coefficient (Wildman–Crippen LogP) is 2.85. The van der Waals surface area contributed by atoms with E-state index < -0.39 is 11.7 Å². The van der Waals surface area contributed by atoms with Crippen LogP contribution in [0.4, 0.5) is 4.39 Å². The van der Waals surface area contributed by atoms with Crippen LogP contribution in [0.15, 0.2) is 36.5 Å². The van der Waals surface area contributed by atoms with E-state index in [0.29, 0.717) is 39.2 Å². The largest absolute Gasteiger partial charge is 0.496 e. The summed E-state index contributed by atoms with van der Waals surface area (Å²) >= 11 is 0. The third-order valence-electron chi connectivity index (χ3n) is 4.78. The third kappa shape index (κ3) is 2.96. The number of nitrogens with zero attached hydrogens (tertiary/aromatic N) is 1. The SMILES string of the molecule is COc1ccc(F)cc1-c1ccnc2[nH]c(C3=CCNCC3)c(C(N)=O)c12. The zero-order valence-electron chi connectivity index (χ0n) is 14.8. The fourth-order valence-electron chi connectivity index (χ4n) is 3.57. The summed E-state index contributed by atoms with van der Waals surface area (Å²) in [6.07, 6.45) is 4.42. The number of fused-ring (bicyclic) bond motifs is 1. The van der Waals surface area contributed by atoms with E-state index in [1.165, 1.54) is 19.2 Å². The lowest BCUT2D eigenvalue weighted by Crippen LogP contribution is -2.21. The lowest BCUT2D eigenvalue weighted by molar-refractivity contribution is 0.100. The van der Waals surface area contributed by atoms with Crippen LogP contribution in [-0.2, 0) is 0 Å². The maximum Gasteiger partial charge on any atom is 0.251 e. The van der Waals surface area contributed by atoms with Crippen molar-refractivity contribution in [3.63, 3.8) is 0 Å². The van der Waals surface area contributed by atoms with Crippen molar-refractivity contribution in [1.82, 2.24) is 15.3 Å². The fraction of sp³-hybridized carbons (Fsp3) is 0.200. The first-order chi connectivity index (χ1) is 13.1. The van der Waals surface area contributed by atoms with E-state index in [1.54, 1.807) is 18.3 Å². The average molecular weight is 366 g/mol. The Morgan fingerprint density at radius 1 is 1.30 bits per heavy atom. The summed E-state index contributed by atoms with van der Waals surface area (Å²) in [5.74, 6) is -0.448. The fourth-order valence-corrected chi connectivity index (χ4v) is 3.57. The average Bonchev–Trinajstić information content (AvgIpc) is 3.08. The van der Waals surface area contributed by atoms with E-state index >= 15 is 0 Å². The zero-order valence-corrected chi connectivity index (χ0v) is 14.8. The molecule has 1 aliphatic heterocycles. The molecule has 0 spiro atoms. The maximum absolute atomic E-state index is 13.9. The first-order valence-electron chi connectivity index (χ1n) is 8.64. The zero-order chi connectivity index (χ0) is 19.0. The standard InChI is InChI=1S/C20H19FN4O2/c1-27-15-3-2-12(21)10-14(15)13-6-9-24-20-16(13)17(19(22)26)18(25-20)11-4-7-23-8-5-11/h2-4,6,9-10,23H,5,7-8H2,1H3,(H2,22,26)(H,24,25). The molecule has 6 nitrogen and oxygen atoms in total. The number of hydrogen-bond donors (Lipinski definition) is 3. The normalized spacial score (nSPS) is 14.2. The van der Waals surface area contributed by atoms with Gasteiger partial charge in [0.1, 0.15) is 17.2 Å². The van der Waals surface area contributed by atoms with E-state index in [1.807, 2.05) is 6.08 Å². The summed E-state index contributed by atoms with van der Waals surface area (Å²) in [5, 5.41) is 3.82. The number of H-pyrrole nitrogens is 1. The number of aromatic nitrogens is 2. The summed E-state index contributed by atoms with van der Waals surface area (Å²) in [5.41, 5.74) is 9.51. The van der Waals surface area contributed by atoms with Crippen LogP contribution in [0.3, 0.4) is 0 Å². The van der Waals surface area contributed by atoms with Gasteiger partial charge in [0.2, 0.25) is 0 Å². The van der Waals surface area contributed by atoms with E-state index in [4.69, 9.17) is 10.5 Å². The van der Waals surface area contributed by atoms with Crippen LogP contribution in [0.1, 0.15) is 22.5 Å². The molecule has 1 aliphatic rings. The monoisotopic (exact) mass is 366 g/mol. The van der Waals surface area contributed by atoms with Crippen LogP contribution >= 0.6 is 0 Å². The quantitative estimate of drug-likeness (QED) is 0.662. The van der Waals surface area contributed by atoms with E-state index in [9.17, 15) is 9.18 Å². The number of hydrogen-bond acceptors (Lipinski definition) is 4. The van der Waals surface area contributed by atoms with Gasteiger partial charge in [-0.25, -0.2) is 9.37 Å². The van der Waals surface area contributed by atoms with E-state index in [-0.39, 0.29) is 0 Å². The van der Waals surface area contributed by atoms with Gasteiger partial charge in [0.25, 0.3) is 5.91 Å². The minimum Gasteiger partial charge on any atom is -0.496 e. The highest BCUT2D eigenvalue weighted by Crippen LogP contribution is 2.39. The van der Waals surface area contributed by atoms with Gasteiger partial charge in [0, 0.05) is 23.7 Å². The molecule has 3 aromatic rings. The molecule has 4 N–H and O–H groups in total. The van der Waals surface area contributed by atoms with Gasteiger partial charge in [0.05, 0.1) is 18.4 Å². The summed E-state index contributed by atoms with van der Waals surface area (Å²) < 4.78 is 19.3. The molecule has 0 aliphatic carbocycles. The molecule has 0 saturated heterocycles. The second-order valence-electron chi connectivity index (χ2n) is 6.35. The second-order valence-corrected chi connectivity index (χ2v) is 6.35. The van der Waals surface area contributed by atoms with Gasteiger partial charge < -0.3 is 20.8 Å². The first kappa shape index (κ1) is 17.2. The van der Waals surface area contributed by atoms with Gasteiger partial charge in [-0.2, -0.15) is 0 Å². The number of ether oxygens (including phenoxy) is 1. The molecule has 1 aromatic carbocycles. The van der Waals surface area contributed by atoms with Crippen molar-refractivity contribution in [2.24, 2.45) is 5.73 Å². The summed E-state index contributed by atoms with van der Waals surface area (Å²) in [6, 6.07) is 6.01. The number of benzene rings is 1. The number of halogens is 1. The van der Waals surface area contributed by atoms with Crippen LogP contribution in [-0.4, -0.2) is 36.1 Å². The van der Waals surface area contributed by atoms with Gasteiger partial charge in [-0.1, -0.05) is 6.08 Å². The lowest BCUT2D eigenvalue weighted by Gasteiger charge is -2.14. The second kappa shape index (κ2) is 6.85. The molecule has 0 atom stereocenters. The van der Waals surface area contributed by atoms with Crippen LogP contribution in [0.2, 0.25) is 0 Å². The molecule has 0 unspecified atom stereocenters. The van der Waals surface area contributed by atoms with Gasteiger partial charge in [-0.05, 0) is 48.4 Å². The summed E-state index contributed by atoms with van der Waals surface area (Å²) in [6.45, 7) is 1.54. The number of carbonyl (C=O) groups is 1. The van der Waals surface area contributed by atoms with Crippen LogP contribution in [0, 0.1) is 5.82 Å². The first-order valence-corrected chi connectivity index (χ1v) is 8.64. The Bertz CT molecular complexity index is 1070. The number of rotatable bonds is 4. The Balaban J connectivity index is 2.04. The number of nitrogens with one attached hydrogen (secondary N) is 2. The van der Waals surface area contributed by atoms with Gasteiger partial charge >= 0.3 is 0 Å². The minimum atomic E-state index is -0.555. The molecule has 3 heterocycles. The number of amides is 1. The molecule has 27 heavy (non-hydrogen) atoms. The van der Waals surface area contributed by atoms with Crippen molar-refractivity contribution >= 4 is 22.5 Å². The molecule has 1 amide bonds. The van der Waals surface area contributed by atoms with E-state index in [0.717, 1.165) is 25.1 Å². The summed E-state index contributed by atoms with van der Waals surface area (Å²) in [7, 11) is 1.52. The Labute approximate surface area is 155 Å². The van der Waals surface area contributed by atoms with Crippen molar-refractivity contribution in [3.05, 3.63) is 53.6 Å². The number of nitrogens with two attached hydrogens (primary N) is 1.